The van der Waals surface area contributed by atoms with Crippen LogP contribution in [0.3, 0.4) is 0 Å². The Hall–Kier alpha value is -2.50. The minimum absolute atomic E-state index is 0.798. The summed E-state index contributed by atoms with van der Waals surface area (Å²) in [5.41, 5.74) is 1.99. The van der Waals surface area contributed by atoms with Gasteiger partial charge in [0, 0.05) is 23.2 Å². The Morgan fingerprint density at radius 3 is 1.57 bits per heavy atom. The van der Waals surface area contributed by atoms with Gasteiger partial charge in [0.2, 0.25) is 0 Å². The molecule has 3 nitrogen and oxygen atoms in total. The second-order valence-corrected chi connectivity index (χ2v) is 6.56. The lowest BCUT2D eigenvalue weighted by atomic mass is 10.2. The van der Waals surface area contributed by atoms with Gasteiger partial charge in [0.1, 0.15) is 21.5 Å². The van der Waals surface area contributed by atoms with Crippen molar-refractivity contribution in [2.75, 3.05) is 0 Å². The molecule has 0 saturated heterocycles. The zero-order chi connectivity index (χ0) is 15.5. The largest absolute Gasteiger partial charge is 0.456 e. The molecule has 0 fully saturated rings. The summed E-state index contributed by atoms with van der Waals surface area (Å²) in [5, 5.41) is 5.84. The molecule has 4 aromatic rings. The molecule has 0 N–H and O–H groups in total. The van der Waals surface area contributed by atoms with Crippen LogP contribution in [0.4, 0.5) is 0 Å². The molecular formula is C18H12N2OS2. The van der Waals surface area contributed by atoms with Crippen molar-refractivity contribution in [3.63, 3.8) is 0 Å². The molecule has 2 heterocycles. The van der Waals surface area contributed by atoms with Crippen LogP contribution >= 0.6 is 22.7 Å². The Kier molecular flexibility index (Phi) is 3.88. The molecule has 0 radical (unpaired) electrons. The Balaban J connectivity index is 1.76. The van der Waals surface area contributed by atoms with E-state index in [2.05, 4.69) is 9.97 Å². The maximum absolute atomic E-state index is 6.22. The first-order chi connectivity index (χ1) is 11.4. The molecule has 2 aromatic heterocycles. The average molecular weight is 336 g/mol. The lowest BCUT2D eigenvalue weighted by Crippen LogP contribution is -1.90. The van der Waals surface area contributed by atoms with Crippen LogP contribution in [0.15, 0.2) is 71.7 Å². The maximum atomic E-state index is 6.22. The highest BCUT2D eigenvalue weighted by Gasteiger charge is 2.13. The zero-order valence-electron chi connectivity index (χ0n) is 12.0. The molecule has 0 unspecified atom stereocenters. The Morgan fingerprint density at radius 2 is 1.13 bits per heavy atom. The predicted molar refractivity (Wildman–Crippen MR) is 95.2 cm³/mol. The van der Waals surface area contributed by atoms with Gasteiger partial charge >= 0.3 is 0 Å². The minimum Gasteiger partial charge on any atom is -0.456 e. The zero-order valence-corrected chi connectivity index (χ0v) is 13.7. The fraction of sp³-hybridized carbons (Fsp3) is 0. The van der Waals surface area contributed by atoms with Gasteiger partial charge in [0.25, 0.3) is 0 Å². The summed E-state index contributed by atoms with van der Waals surface area (Å²) in [7, 11) is 0. The van der Waals surface area contributed by atoms with E-state index in [-0.39, 0.29) is 0 Å². The van der Waals surface area contributed by atoms with Crippen molar-refractivity contribution in [3.8, 4) is 32.6 Å². The molecule has 2 aromatic carbocycles. The molecule has 0 spiro atoms. The summed E-state index contributed by atoms with van der Waals surface area (Å²) in [6, 6.07) is 15.9. The van der Waals surface area contributed by atoms with Gasteiger partial charge in [-0.3, -0.25) is 0 Å². The third-order valence-electron chi connectivity index (χ3n) is 3.32. The highest BCUT2D eigenvalue weighted by atomic mass is 32.1. The van der Waals surface area contributed by atoms with E-state index in [1.54, 1.807) is 35.1 Å². The molecule has 0 aliphatic rings. The summed E-state index contributed by atoms with van der Waals surface area (Å²) < 4.78 is 6.22. The van der Waals surface area contributed by atoms with Crippen molar-refractivity contribution < 1.29 is 4.74 Å². The maximum Gasteiger partial charge on any atom is 0.137 e. The molecular weight excluding hydrogens is 324 g/mol. The van der Waals surface area contributed by atoms with Gasteiger partial charge < -0.3 is 4.74 Å². The van der Waals surface area contributed by atoms with E-state index in [1.807, 2.05) is 59.3 Å². The van der Waals surface area contributed by atoms with Gasteiger partial charge in [-0.05, 0) is 24.3 Å². The summed E-state index contributed by atoms with van der Waals surface area (Å²) in [4.78, 5) is 8.78. The lowest BCUT2D eigenvalue weighted by molar-refractivity contribution is 0.486. The minimum atomic E-state index is 0.798. The van der Waals surface area contributed by atoms with E-state index in [0.717, 1.165) is 32.6 Å². The number of rotatable bonds is 4. The van der Waals surface area contributed by atoms with Crippen molar-refractivity contribution in [3.05, 3.63) is 71.7 Å². The first kappa shape index (κ1) is 14.1. The molecule has 0 saturated carbocycles. The first-order valence-corrected chi connectivity index (χ1v) is 8.83. The second-order valence-electron chi connectivity index (χ2n) is 4.77. The highest BCUT2D eigenvalue weighted by molar-refractivity contribution is 7.13. The van der Waals surface area contributed by atoms with Crippen LogP contribution in [-0.4, -0.2) is 9.97 Å². The summed E-state index contributed by atoms with van der Waals surface area (Å²) in [6.07, 6.45) is 3.61. The molecule has 112 valence electrons. The van der Waals surface area contributed by atoms with E-state index in [9.17, 15) is 0 Å². The first-order valence-electron chi connectivity index (χ1n) is 7.07. The van der Waals surface area contributed by atoms with Crippen LogP contribution < -0.4 is 4.74 Å². The number of aromatic nitrogens is 2. The third-order valence-corrected chi connectivity index (χ3v) is 4.93. The Morgan fingerprint density at radius 1 is 0.652 bits per heavy atom. The molecule has 0 bridgehead atoms. The standard InChI is InChI=1S/C18H12N2OS2/c1-3-7-15(13(5-1)17-19-9-11-22-17)21-16-8-4-2-6-14(16)18-20-10-12-23-18/h1-12H. The van der Waals surface area contributed by atoms with Crippen LogP contribution in [0.1, 0.15) is 0 Å². The SMILES string of the molecule is c1ccc(-c2nccs2)c(Oc2ccccc2-c2nccs2)c1. The van der Waals surface area contributed by atoms with Crippen LogP contribution in [0.25, 0.3) is 21.1 Å². The van der Waals surface area contributed by atoms with Gasteiger partial charge in [-0.1, -0.05) is 24.3 Å². The summed E-state index contributed by atoms with van der Waals surface area (Å²) in [5.74, 6) is 1.60. The second kappa shape index (κ2) is 6.32. The topological polar surface area (TPSA) is 35.0 Å². The van der Waals surface area contributed by atoms with Crippen molar-refractivity contribution in [1.29, 1.82) is 0 Å². The quantitative estimate of drug-likeness (QED) is 0.477. The van der Waals surface area contributed by atoms with E-state index in [4.69, 9.17) is 4.74 Å². The van der Waals surface area contributed by atoms with Gasteiger partial charge in [-0.15, -0.1) is 22.7 Å². The fourth-order valence-electron chi connectivity index (χ4n) is 2.30. The number of thiazole rings is 2. The smallest absolute Gasteiger partial charge is 0.137 e. The number of ether oxygens (including phenoxy) is 1. The van der Waals surface area contributed by atoms with Crippen molar-refractivity contribution in [2.24, 2.45) is 0 Å². The lowest BCUT2D eigenvalue weighted by Gasteiger charge is -2.12. The number of hydrogen-bond donors (Lipinski definition) is 0. The van der Waals surface area contributed by atoms with Crippen molar-refractivity contribution in [1.82, 2.24) is 9.97 Å². The van der Waals surface area contributed by atoms with Crippen molar-refractivity contribution in [2.45, 2.75) is 0 Å². The normalized spacial score (nSPS) is 10.6. The molecule has 0 amide bonds. The number of hydrogen-bond acceptors (Lipinski definition) is 5. The number of nitrogens with zero attached hydrogens (tertiary/aromatic N) is 2. The van der Waals surface area contributed by atoms with Crippen LogP contribution in [0.2, 0.25) is 0 Å². The van der Waals surface area contributed by atoms with Gasteiger partial charge in [-0.2, -0.15) is 0 Å². The molecule has 5 heteroatoms. The monoisotopic (exact) mass is 336 g/mol. The van der Waals surface area contributed by atoms with Gasteiger partial charge in [0.15, 0.2) is 0 Å². The highest BCUT2D eigenvalue weighted by Crippen LogP contribution is 2.38. The van der Waals surface area contributed by atoms with Gasteiger partial charge in [0.05, 0.1) is 11.1 Å². The molecule has 0 aliphatic heterocycles. The van der Waals surface area contributed by atoms with E-state index >= 15 is 0 Å². The molecule has 0 atom stereocenters. The molecule has 4 rings (SSSR count). The van der Waals surface area contributed by atoms with E-state index < -0.39 is 0 Å². The van der Waals surface area contributed by atoms with Crippen LogP contribution in [0, 0.1) is 0 Å². The Bertz CT molecular complexity index is 827. The molecule has 0 aliphatic carbocycles. The fourth-order valence-corrected chi connectivity index (χ4v) is 3.63. The number of benzene rings is 2. The summed E-state index contributed by atoms with van der Waals surface area (Å²) >= 11 is 3.20. The van der Waals surface area contributed by atoms with Crippen LogP contribution in [0.5, 0.6) is 11.5 Å². The summed E-state index contributed by atoms with van der Waals surface area (Å²) in [6.45, 7) is 0. The van der Waals surface area contributed by atoms with Crippen molar-refractivity contribution >= 4 is 22.7 Å². The number of para-hydroxylation sites is 2. The van der Waals surface area contributed by atoms with Crippen LogP contribution in [-0.2, 0) is 0 Å². The average Bonchev–Trinajstić information content (AvgIpc) is 3.30. The van der Waals surface area contributed by atoms with Gasteiger partial charge in [-0.25, -0.2) is 9.97 Å². The Labute approximate surface area is 141 Å². The third kappa shape index (κ3) is 2.88. The predicted octanol–water partition coefficient (Wildman–Crippen LogP) is 5.73. The van der Waals surface area contributed by atoms with E-state index in [1.165, 1.54) is 0 Å². The molecule has 23 heavy (non-hydrogen) atoms. The van der Waals surface area contributed by atoms with E-state index in [0.29, 0.717) is 0 Å².